The summed E-state index contributed by atoms with van der Waals surface area (Å²) in [4.78, 5) is 37.6. The summed E-state index contributed by atoms with van der Waals surface area (Å²) in [6.45, 7) is 5.77. The predicted molar refractivity (Wildman–Crippen MR) is 98.9 cm³/mol. The van der Waals surface area contributed by atoms with E-state index in [2.05, 4.69) is 5.32 Å². The zero-order valence-electron chi connectivity index (χ0n) is 14.7. The molecular weight excluding hydrogens is 316 g/mol. The van der Waals surface area contributed by atoms with Crippen LogP contribution in [-0.4, -0.2) is 24.1 Å². The summed E-state index contributed by atoms with van der Waals surface area (Å²) < 4.78 is 0. The first-order valence-corrected chi connectivity index (χ1v) is 8.18. The molecule has 0 aromatic heterocycles. The molecule has 25 heavy (non-hydrogen) atoms. The molecule has 0 unspecified atom stereocenters. The van der Waals surface area contributed by atoms with Gasteiger partial charge in [-0.1, -0.05) is 24.3 Å². The quantitative estimate of drug-likeness (QED) is 0.647. The number of hydrogen-bond donors (Lipinski definition) is 1. The average Bonchev–Trinajstić information content (AvgIpc) is 2.55. The van der Waals surface area contributed by atoms with Crippen molar-refractivity contribution in [2.24, 2.45) is 0 Å². The van der Waals surface area contributed by atoms with Crippen LogP contribution in [-0.2, 0) is 9.59 Å². The molecule has 0 bridgehead atoms. The zero-order valence-corrected chi connectivity index (χ0v) is 14.7. The Hall–Kier alpha value is -2.95. The first kappa shape index (κ1) is 18.4. The number of nitrogens with zero attached hydrogens (tertiary/aromatic N) is 1. The zero-order chi connectivity index (χ0) is 18.4. The van der Waals surface area contributed by atoms with Gasteiger partial charge in [0.1, 0.15) is 6.42 Å². The van der Waals surface area contributed by atoms with E-state index in [0.717, 1.165) is 11.3 Å². The van der Waals surface area contributed by atoms with E-state index in [1.54, 1.807) is 29.2 Å². The molecule has 2 aromatic rings. The minimum atomic E-state index is -0.406. The first-order chi connectivity index (χ1) is 11.9. The molecule has 0 aliphatic rings. The number of aryl methyl sites for hydroxylation is 1. The second-order valence-electron chi connectivity index (χ2n) is 5.84. The van der Waals surface area contributed by atoms with Gasteiger partial charge in [-0.25, -0.2) is 0 Å². The molecule has 2 aromatic carbocycles. The Balaban J connectivity index is 2.05. The monoisotopic (exact) mass is 338 g/mol. The Morgan fingerprint density at radius 1 is 1.04 bits per heavy atom. The van der Waals surface area contributed by atoms with Crippen LogP contribution in [0.4, 0.5) is 11.4 Å². The number of Topliss-reactive ketones (excluding diaryl/α,β-unsaturated/α-hetero) is 1. The molecule has 2 rings (SSSR count). The summed E-state index contributed by atoms with van der Waals surface area (Å²) in [5.74, 6) is -0.756. The molecular formula is C20H22N2O3. The van der Waals surface area contributed by atoms with E-state index in [4.69, 9.17) is 0 Å². The van der Waals surface area contributed by atoms with Crippen LogP contribution in [0.1, 0.15) is 36.2 Å². The van der Waals surface area contributed by atoms with Gasteiger partial charge in [-0.3, -0.25) is 14.4 Å². The normalized spacial score (nSPS) is 10.2. The lowest BCUT2D eigenvalue weighted by molar-refractivity contribution is -0.125. The Morgan fingerprint density at radius 3 is 2.40 bits per heavy atom. The fourth-order valence-electron chi connectivity index (χ4n) is 2.55. The molecule has 0 aliphatic carbocycles. The van der Waals surface area contributed by atoms with Crippen LogP contribution >= 0.6 is 0 Å². The largest absolute Gasteiger partial charge is 0.326 e. The van der Waals surface area contributed by atoms with Crippen LogP contribution in [0, 0.1) is 6.92 Å². The van der Waals surface area contributed by atoms with Crippen molar-refractivity contribution >= 4 is 29.0 Å². The lowest BCUT2D eigenvalue weighted by atomic mass is 10.1. The first-order valence-electron chi connectivity index (χ1n) is 8.18. The van der Waals surface area contributed by atoms with Crippen LogP contribution in [0.5, 0.6) is 0 Å². The molecule has 0 aliphatic heterocycles. The highest BCUT2D eigenvalue weighted by atomic mass is 16.2. The third kappa shape index (κ3) is 5.01. The number of nitrogens with one attached hydrogen (secondary N) is 1. The van der Waals surface area contributed by atoms with Crippen molar-refractivity contribution in [3.8, 4) is 0 Å². The molecule has 0 saturated heterocycles. The average molecular weight is 338 g/mol. The van der Waals surface area contributed by atoms with Crippen LogP contribution in [0.15, 0.2) is 48.5 Å². The van der Waals surface area contributed by atoms with Crippen LogP contribution in [0.3, 0.4) is 0 Å². The summed E-state index contributed by atoms with van der Waals surface area (Å²) in [6.07, 6.45) is -0.258. The van der Waals surface area contributed by atoms with Crippen molar-refractivity contribution in [3.05, 3.63) is 59.7 Å². The fraction of sp³-hybridized carbons (Fsp3) is 0.250. The highest BCUT2D eigenvalue weighted by Gasteiger charge is 2.18. The van der Waals surface area contributed by atoms with E-state index in [9.17, 15) is 14.4 Å². The minimum Gasteiger partial charge on any atom is -0.326 e. The molecule has 0 saturated carbocycles. The van der Waals surface area contributed by atoms with Gasteiger partial charge in [0, 0.05) is 23.5 Å². The number of carbonyl (C=O) groups is 3. The van der Waals surface area contributed by atoms with E-state index >= 15 is 0 Å². The Labute approximate surface area is 147 Å². The minimum absolute atomic E-state index is 0.0798. The van der Waals surface area contributed by atoms with Crippen molar-refractivity contribution in [1.29, 1.82) is 0 Å². The summed E-state index contributed by atoms with van der Waals surface area (Å²) in [6, 6.07) is 14.3. The van der Waals surface area contributed by atoms with Gasteiger partial charge >= 0.3 is 0 Å². The number of rotatable bonds is 6. The number of benzene rings is 2. The van der Waals surface area contributed by atoms with E-state index < -0.39 is 5.91 Å². The second-order valence-corrected chi connectivity index (χ2v) is 5.84. The summed E-state index contributed by atoms with van der Waals surface area (Å²) in [5.41, 5.74) is 2.84. The standard InChI is InChI=1S/C20H22N2O3/c1-4-22(18-10-5-7-14(2)11-18)20(25)13-19(24)21-17-9-6-8-16(12-17)15(3)23/h5-12H,4,13H2,1-3H3,(H,21,24). The molecule has 0 heterocycles. The number of anilines is 2. The van der Waals surface area contributed by atoms with Gasteiger partial charge < -0.3 is 10.2 Å². The third-order valence-corrected chi connectivity index (χ3v) is 3.80. The number of ketones is 1. The maximum atomic E-state index is 12.5. The maximum absolute atomic E-state index is 12.5. The van der Waals surface area contributed by atoms with Crippen molar-refractivity contribution in [2.45, 2.75) is 27.2 Å². The fourth-order valence-corrected chi connectivity index (χ4v) is 2.55. The van der Waals surface area contributed by atoms with Crippen LogP contribution < -0.4 is 10.2 Å². The van der Waals surface area contributed by atoms with Crippen molar-refractivity contribution in [3.63, 3.8) is 0 Å². The van der Waals surface area contributed by atoms with Gasteiger partial charge in [-0.2, -0.15) is 0 Å². The van der Waals surface area contributed by atoms with Gasteiger partial charge in [0.25, 0.3) is 0 Å². The van der Waals surface area contributed by atoms with Crippen LogP contribution in [0.25, 0.3) is 0 Å². The van der Waals surface area contributed by atoms with Crippen molar-refractivity contribution in [1.82, 2.24) is 0 Å². The maximum Gasteiger partial charge on any atom is 0.236 e. The van der Waals surface area contributed by atoms with E-state index in [1.165, 1.54) is 6.92 Å². The highest BCUT2D eigenvalue weighted by molar-refractivity contribution is 6.09. The number of carbonyl (C=O) groups excluding carboxylic acids is 3. The number of amides is 2. The Morgan fingerprint density at radius 2 is 1.76 bits per heavy atom. The lowest BCUT2D eigenvalue weighted by Crippen LogP contribution is -2.33. The van der Waals surface area contributed by atoms with Gasteiger partial charge in [-0.15, -0.1) is 0 Å². The van der Waals surface area contributed by atoms with E-state index in [1.807, 2.05) is 38.1 Å². The van der Waals surface area contributed by atoms with Gasteiger partial charge in [-0.05, 0) is 50.6 Å². The molecule has 130 valence electrons. The predicted octanol–water partition coefficient (Wildman–Crippen LogP) is 3.58. The van der Waals surface area contributed by atoms with E-state index in [0.29, 0.717) is 17.8 Å². The topological polar surface area (TPSA) is 66.5 Å². The molecule has 0 fully saturated rings. The van der Waals surface area contributed by atoms with Gasteiger partial charge in [0.15, 0.2) is 5.78 Å². The molecule has 0 atom stereocenters. The summed E-state index contributed by atoms with van der Waals surface area (Å²) in [5, 5.41) is 2.67. The smallest absolute Gasteiger partial charge is 0.236 e. The highest BCUT2D eigenvalue weighted by Crippen LogP contribution is 2.17. The van der Waals surface area contributed by atoms with Gasteiger partial charge in [0.05, 0.1) is 0 Å². The van der Waals surface area contributed by atoms with E-state index in [-0.39, 0.29) is 18.1 Å². The molecule has 5 heteroatoms. The third-order valence-electron chi connectivity index (χ3n) is 3.80. The molecule has 0 spiro atoms. The molecule has 2 amide bonds. The Bertz CT molecular complexity index is 799. The lowest BCUT2D eigenvalue weighted by Gasteiger charge is -2.21. The van der Waals surface area contributed by atoms with Crippen LogP contribution in [0.2, 0.25) is 0 Å². The summed E-state index contributed by atoms with van der Waals surface area (Å²) >= 11 is 0. The van der Waals surface area contributed by atoms with Crippen molar-refractivity contribution < 1.29 is 14.4 Å². The molecule has 0 radical (unpaired) electrons. The molecule has 5 nitrogen and oxygen atoms in total. The summed E-state index contributed by atoms with van der Waals surface area (Å²) in [7, 11) is 0. The molecule has 1 N–H and O–H groups in total. The van der Waals surface area contributed by atoms with Crippen molar-refractivity contribution in [2.75, 3.05) is 16.8 Å². The number of hydrogen-bond acceptors (Lipinski definition) is 3. The SMILES string of the molecule is CCN(C(=O)CC(=O)Nc1cccc(C(C)=O)c1)c1cccc(C)c1. The Kier molecular flexibility index (Phi) is 6.06. The van der Waals surface area contributed by atoms with Gasteiger partial charge in [0.2, 0.25) is 11.8 Å². The second kappa shape index (κ2) is 8.24.